The second-order valence-corrected chi connectivity index (χ2v) is 6.35. The minimum Gasteiger partial charge on any atom is -0.497 e. The van der Waals surface area contributed by atoms with Gasteiger partial charge in [-0.3, -0.25) is 4.79 Å². The van der Waals surface area contributed by atoms with Crippen LogP contribution in [0.5, 0.6) is 5.75 Å². The molecule has 0 aromatic heterocycles. The van der Waals surface area contributed by atoms with Crippen LogP contribution in [0.25, 0.3) is 16.8 Å². The van der Waals surface area contributed by atoms with E-state index in [1.165, 1.54) is 6.08 Å². The zero-order chi connectivity index (χ0) is 20.6. The minimum absolute atomic E-state index is 0.271. The molecular weight excluding hydrogens is 366 g/mol. The zero-order valence-corrected chi connectivity index (χ0v) is 16.5. The first-order valence-corrected chi connectivity index (χ1v) is 9.39. The number of hydrogen-bond acceptors (Lipinski definition) is 4. The lowest BCUT2D eigenvalue weighted by atomic mass is 10.1. The Balaban J connectivity index is 1.65. The van der Waals surface area contributed by atoms with Gasteiger partial charge in [0.05, 0.1) is 12.8 Å². The van der Waals surface area contributed by atoms with E-state index in [2.05, 4.69) is 0 Å². The number of likely N-dealkylation sites (N-methyl/N-ethyl adjacent to an activating group) is 1. The first-order valence-electron chi connectivity index (χ1n) is 9.39. The van der Waals surface area contributed by atoms with Gasteiger partial charge in [-0.2, -0.15) is 0 Å². The first kappa shape index (κ1) is 20.1. The average molecular weight is 389 g/mol. The molecule has 0 saturated heterocycles. The van der Waals surface area contributed by atoms with Gasteiger partial charge in [-0.05, 0) is 42.1 Å². The van der Waals surface area contributed by atoms with Crippen molar-refractivity contribution < 1.29 is 19.1 Å². The van der Waals surface area contributed by atoms with E-state index in [0.29, 0.717) is 12.3 Å². The van der Waals surface area contributed by atoms with E-state index in [0.717, 1.165) is 22.0 Å². The molecule has 0 spiro atoms. The van der Waals surface area contributed by atoms with Gasteiger partial charge in [0.2, 0.25) is 0 Å². The average Bonchev–Trinajstić information content (AvgIpc) is 2.77. The SMILES string of the molecule is CCN(C(=O)COC(=O)/C=C/c1cccc(OC)c1)c1cccc2ccccc12. The standard InChI is InChI=1S/C24H23NO4/c1-3-25(22-13-7-10-19-9-4-5-12-21(19)22)23(26)17-29-24(27)15-14-18-8-6-11-20(16-18)28-2/h4-16H,3,17H2,1-2H3/b15-14+. The lowest BCUT2D eigenvalue weighted by Gasteiger charge is -2.22. The number of amides is 1. The van der Waals surface area contributed by atoms with Gasteiger partial charge in [-0.25, -0.2) is 4.79 Å². The van der Waals surface area contributed by atoms with Gasteiger partial charge >= 0.3 is 5.97 Å². The van der Waals surface area contributed by atoms with Crippen LogP contribution in [-0.2, 0) is 14.3 Å². The van der Waals surface area contributed by atoms with Gasteiger partial charge in [0.1, 0.15) is 5.75 Å². The van der Waals surface area contributed by atoms with Crippen LogP contribution in [-0.4, -0.2) is 32.1 Å². The van der Waals surface area contributed by atoms with E-state index in [1.807, 2.05) is 67.6 Å². The van der Waals surface area contributed by atoms with Crippen molar-refractivity contribution in [3.05, 3.63) is 78.4 Å². The van der Waals surface area contributed by atoms with Crippen molar-refractivity contribution in [3.8, 4) is 5.75 Å². The Hall–Kier alpha value is -3.60. The van der Waals surface area contributed by atoms with Crippen LogP contribution in [0.2, 0.25) is 0 Å². The fourth-order valence-electron chi connectivity index (χ4n) is 3.09. The highest BCUT2D eigenvalue weighted by Crippen LogP contribution is 2.26. The van der Waals surface area contributed by atoms with Crippen LogP contribution < -0.4 is 9.64 Å². The molecule has 0 unspecified atom stereocenters. The van der Waals surface area contributed by atoms with Crippen LogP contribution in [0.15, 0.2) is 72.8 Å². The Morgan fingerprint density at radius 1 is 1.00 bits per heavy atom. The molecule has 3 aromatic carbocycles. The monoisotopic (exact) mass is 389 g/mol. The molecule has 0 atom stereocenters. The number of esters is 1. The maximum Gasteiger partial charge on any atom is 0.331 e. The number of hydrogen-bond donors (Lipinski definition) is 0. The molecule has 148 valence electrons. The Bertz CT molecular complexity index is 1040. The normalized spacial score (nSPS) is 10.8. The summed E-state index contributed by atoms with van der Waals surface area (Å²) in [5.41, 5.74) is 1.61. The molecule has 3 aromatic rings. The molecule has 29 heavy (non-hydrogen) atoms. The highest BCUT2D eigenvalue weighted by molar-refractivity contribution is 6.04. The summed E-state index contributed by atoms with van der Waals surface area (Å²) in [4.78, 5) is 26.3. The van der Waals surface area contributed by atoms with E-state index in [9.17, 15) is 9.59 Å². The third-order valence-corrected chi connectivity index (χ3v) is 4.52. The molecule has 0 saturated carbocycles. The van der Waals surface area contributed by atoms with Crippen molar-refractivity contribution in [1.82, 2.24) is 0 Å². The number of anilines is 1. The van der Waals surface area contributed by atoms with E-state index in [-0.39, 0.29) is 12.5 Å². The van der Waals surface area contributed by atoms with Gasteiger partial charge in [-0.15, -0.1) is 0 Å². The second kappa shape index (κ2) is 9.55. The predicted octanol–water partition coefficient (Wildman–Crippen LogP) is 4.46. The number of ether oxygens (including phenoxy) is 2. The topological polar surface area (TPSA) is 55.8 Å². The van der Waals surface area contributed by atoms with Gasteiger partial charge in [0, 0.05) is 18.0 Å². The molecule has 5 nitrogen and oxygen atoms in total. The van der Waals surface area contributed by atoms with E-state index in [4.69, 9.17) is 9.47 Å². The van der Waals surface area contributed by atoms with Crippen LogP contribution in [0, 0.1) is 0 Å². The number of benzene rings is 3. The summed E-state index contributed by atoms with van der Waals surface area (Å²) in [6, 6.07) is 21.0. The molecule has 3 rings (SSSR count). The van der Waals surface area contributed by atoms with E-state index >= 15 is 0 Å². The highest BCUT2D eigenvalue weighted by Gasteiger charge is 2.17. The van der Waals surface area contributed by atoms with Crippen molar-refractivity contribution in [1.29, 1.82) is 0 Å². The first-order chi connectivity index (χ1) is 14.1. The molecule has 0 aliphatic rings. The van der Waals surface area contributed by atoms with Gasteiger partial charge in [-0.1, -0.05) is 48.5 Å². The molecule has 0 N–H and O–H groups in total. The number of fused-ring (bicyclic) bond motifs is 1. The summed E-state index contributed by atoms with van der Waals surface area (Å²) in [6.07, 6.45) is 2.92. The lowest BCUT2D eigenvalue weighted by Crippen LogP contribution is -2.34. The molecule has 0 aliphatic carbocycles. The summed E-state index contributed by atoms with van der Waals surface area (Å²) >= 11 is 0. The molecule has 0 heterocycles. The Labute approximate surface area is 170 Å². The van der Waals surface area contributed by atoms with Crippen molar-refractivity contribution in [2.75, 3.05) is 25.2 Å². The molecule has 0 bridgehead atoms. The maximum absolute atomic E-state index is 12.7. The number of carbonyl (C=O) groups is 2. The third kappa shape index (κ3) is 5.02. The predicted molar refractivity (Wildman–Crippen MR) is 115 cm³/mol. The van der Waals surface area contributed by atoms with Gasteiger partial charge in [0.25, 0.3) is 5.91 Å². The highest BCUT2D eigenvalue weighted by atomic mass is 16.5. The molecule has 0 fully saturated rings. The maximum atomic E-state index is 12.7. The molecule has 0 radical (unpaired) electrons. The summed E-state index contributed by atoms with van der Waals surface area (Å²) in [6.45, 7) is 2.05. The number of methoxy groups -OCH3 is 1. The fourth-order valence-corrected chi connectivity index (χ4v) is 3.09. The van der Waals surface area contributed by atoms with Crippen molar-refractivity contribution in [3.63, 3.8) is 0 Å². The van der Waals surface area contributed by atoms with Crippen LogP contribution in [0.3, 0.4) is 0 Å². The zero-order valence-electron chi connectivity index (χ0n) is 16.5. The van der Waals surface area contributed by atoms with Crippen molar-refractivity contribution in [2.24, 2.45) is 0 Å². The van der Waals surface area contributed by atoms with Gasteiger partial charge in [0.15, 0.2) is 6.61 Å². The molecular formula is C24H23NO4. The Kier molecular flexibility index (Phi) is 6.63. The second-order valence-electron chi connectivity index (χ2n) is 6.35. The quantitative estimate of drug-likeness (QED) is 0.442. The summed E-state index contributed by atoms with van der Waals surface area (Å²) in [5.74, 6) is -0.147. The van der Waals surface area contributed by atoms with Crippen LogP contribution in [0.4, 0.5) is 5.69 Å². The Morgan fingerprint density at radius 3 is 2.55 bits per heavy atom. The Morgan fingerprint density at radius 2 is 1.76 bits per heavy atom. The lowest BCUT2D eigenvalue weighted by molar-refractivity contribution is -0.142. The fraction of sp³-hybridized carbons (Fsp3) is 0.167. The summed E-state index contributed by atoms with van der Waals surface area (Å²) < 4.78 is 10.3. The largest absolute Gasteiger partial charge is 0.497 e. The number of rotatable bonds is 7. The number of carbonyl (C=O) groups excluding carboxylic acids is 2. The molecule has 0 aliphatic heterocycles. The minimum atomic E-state index is -0.574. The van der Waals surface area contributed by atoms with Gasteiger partial charge < -0.3 is 14.4 Å². The molecule has 5 heteroatoms. The van der Waals surface area contributed by atoms with Crippen LogP contribution >= 0.6 is 0 Å². The summed E-state index contributed by atoms with van der Waals surface area (Å²) in [7, 11) is 1.58. The summed E-state index contributed by atoms with van der Waals surface area (Å²) in [5, 5.41) is 2.03. The smallest absolute Gasteiger partial charge is 0.331 e. The number of nitrogens with zero attached hydrogens (tertiary/aromatic N) is 1. The van der Waals surface area contributed by atoms with E-state index in [1.54, 1.807) is 24.2 Å². The van der Waals surface area contributed by atoms with Crippen molar-refractivity contribution >= 4 is 34.4 Å². The van der Waals surface area contributed by atoms with Crippen LogP contribution in [0.1, 0.15) is 12.5 Å². The van der Waals surface area contributed by atoms with E-state index < -0.39 is 5.97 Å². The molecule has 1 amide bonds. The van der Waals surface area contributed by atoms with Crippen molar-refractivity contribution in [2.45, 2.75) is 6.92 Å². The third-order valence-electron chi connectivity index (χ3n) is 4.52.